The average molecular weight is 365 g/mol. The zero-order valence-corrected chi connectivity index (χ0v) is 16.3. The van der Waals surface area contributed by atoms with Crippen molar-refractivity contribution >= 4 is 16.8 Å². The Morgan fingerprint density at radius 3 is 2.81 bits per heavy atom. The minimum absolute atomic E-state index is 0.101. The summed E-state index contributed by atoms with van der Waals surface area (Å²) in [6, 6.07) is 8.32. The number of likely N-dealkylation sites (N-methyl/N-ethyl adjacent to an activating group) is 1. The molecule has 0 saturated carbocycles. The van der Waals surface area contributed by atoms with Crippen molar-refractivity contribution in [2.24, 2.45) is 7.05 Å². The van der Waals surface area contributed by atoms with Crippen LogP contribution in [0.2, 0.25) is 0 Å². The van der Waals surface area contributed by atoms with Gasteiger partial charge in [-0.1, -0.05) is 32.0 Å². The zero-order chi connectivity index (χ0) is 19.0. The topological polar surface area (TPSA) is 46.3 Å². The van der Waals surface area contributed by atoms with E-state index in [4.69, 9.17) is 0 Å². The smallest absolute Gasteiger partial charge is 0.256 e. The second-order valence-corrected chi connectivity index (χ2v) is 7.29. The van der Waals surface area contributed by atoms with Gasteiger partial charge < -0.3 is 18.9 Å². The first-order valence-electron chi connectivity index (χ1n) is 9.68. The second-order valence-electron chi connectivity index (χ2n) is 7.29. The third-order valence-electron chi connectivity index (χ3n) is 5.70. The van der Waals surface area contributed by atoms with E-state index in [1.807, 2.05) is 53.4 Å². The molecule has 0 fully saturated rings. The monoisotopic (exact) mass is 365 g/mol. The molecule has 1 atom stereocenters. The lowest BCUT2D eigenvalue weighted by atomic mass is 10.1. The van der Waals surface area contributed by atoms with Gasteiger partial charge in [-0.05, 0) is 19.2 Å². The fourth-order valence-corrected chi connectivity index (χ4v) is 4.15. The molecular weight excluding hydrogens is 338 g/mol. The number of rotatable bonds is 5. The van der Waals surface area contributed by atoms with Crippen LogP contribution in [0.4, 0.5) is 0 Å². The SMILES string of the molecule is CCN(CC)C[C@H]1CN(C(=O)c2cn(C)c3ccccc23)Cc2cncn21. The van der Waals surface area contributed by atoms with Gasteiger partial charge in [0.05, 0.1) is 30.2 Å². The summed E-state index contributed by atoms with van der Waals surface area (Å²) in [4.78, 5) is 22.1. The number of carbonyl (C=O) groups excluding carboxylic acids is 1. The standard InChI is InChI=1S/C21H27N5O/c1-4-24(5-2)11-17-13-25(12-16-10-22-15-26(16)17)21(27)19-14-23(3)20-9-7-6-8-18(19)20/h6-10,14-15,17H,4-5,11-13H2,1-3H3/t17-/m0/s1. The molecule has 27 heavy (non-hydrogen) atoms. The number of fused-ring (bicyclic) bond motifs is 2. The first-order valence-corrected chi connectivity index (χ1v) is 9.68. The maximum absolute atomic E-state index is 13.4. The number of aryl methyl sites for hydroxylation is 1. The summed E-state index contributed by atoms with van der Waals surface area (Å²) in [7, 11) is 1.99. The van der Waals surface area contributed by atoms with E-state index in [1.165, 1.54) is 0 Å². The molecule has 3 aromatic rings. The molecule has 142 valence electrons. The van der Waals surface area contributed by atoms with E-state index in [-0.39, 0.29) is 11.9 Å². The Hall–Kier alpha value is -2.60. The highest BCUT2D eigenvalue weighted by Crippen LogP contribution is 2.27. The first kappa shape index (κ1) is 17.8. The summed E-state index contributed by atoms with van der Waals surface area (Å²) in [6.07, 6.45) is 5.75. The molecule has 0 spiro atoms. The number of imidazole rings is 1. The van der Waals surface area contributed by atoms with Gasteiger partial charge in [0.1, 0.15) is 0 Å². The number of carbonyl (C=O) groups is 1. The fraction of sp³-hybridized carbons (Fsp3) is 0.429. The highest BCUT2D eigenvalue weighted by Gasteiger charge is 2.30. The van der Waals surface area contributed by atoms with E-state index in [1.54, 1.807) is 0 Å². The van der Waals surface area contributed by atoms with Crippen molar-refractivity contribution in [1.29, 1.82) is 0 Å². The summed E-state index contributed by atoms with van der Waals surface area (Å²) in [5.41, 5.74) is 2.97. The molecule has 3 heterocycles. The molecule has 0 unspecified atom stereocenters. The molecule has 0 bridgehead atoms. The third kappa shape index (κ3) is 3.14. The van der Waals surface area contributed by atoms with Crippen LogP contribution in [-0.2, 0) is 13.6 Å². The Morgan fingerprint density at radius 2 is 2.04 bits per heavy atom. The minimum atomic E-state index is 0.101. The van der Waals surface area contributed by atoms with Crippen molar-refractivity contribution in [2.75, 3.05) is 26.2 Å². The van der Waals surface area contributed by atoms with Crippen LogP contribution in [0.25, 0.3) is 10.9 Å². The van der Waals surface area contributed by atoms with Crippen molar-refractivity contribution in [3.05, 3.63) is 54.2 Å². The summed E-state index contributed by atoms with van der Waals surface area (Å²) in [6.45, 7) is 8.62. The van der Waals surface area contributed by atoms with E-state index in [9.17, 15) is 4.79 Å². The van der Waals surface area contributed by atoms with Gasteiger partial charge in [-0.25, -0.2) is 4.98 Å². The van der Waals surface area contributed by atoms with Crippen LogP contribution >= 0.6 is 0 Å². The Bertz CT molecular complexity index is 953. The molecule has 0 saturated heterocycles. The van der Waals surface area contributed by atoms with Gasteiger partial charge >= 0.3 is 0 Å². The third-order valence-corrected chi connectivity index (χ3v) is 5.70. The number of hydrogen-bond donors (Lipinski definition) is 0. The highest BCUT2D eigenvalue weighted by atomic mass is 16.2. The van der Waals surface area contributed by atoms with Crippen LogP contribution in [0.1, 0.15) is 35.9 Å². The van der Waals surface area contributed by atoms with Crippen LogP contribution in [0.5, 0.6) is 0 Å². The van der Waals surface area contributed by atoms with Crippen molar-refractivity contribution in [1.82, 2.24) is 23.9 Å². The molecule has 0 N–H and O–H groups in total. The minimum Gasteiger partial charge on any atom is -0.350 e. The van der Waals surface area contributed by atoms with Crippen molar-refractivity contribution in [2.45, 2.75) is 26.4 Å². The number of aromatic nitrogens is 3. The number of hydrogen-bond acceptors (Lipinski definition) is 3. The molecular formula is C21H27N5O. The Kier molecular flexibility index (Phi) is 4.74. The van der Waals surface area contributed by atoms with Crippen molar-refractivity contribution < 1.29 is 4.79 Å². The molecule has 4 rings (SSSR count). The molecule has 1 aromatic carbocycles. The molecule has 1 aliphatic rings. The lowest BCUT2D eigenvalue weighted by molar-refractivity contribution is 0.0657. The van der Waals surface area contributed by atoms with E-state index < -0.39 is 0 Å². The van der Waals surface area contributed by atoms with Crippen LogP contribution < -0.4 is 0 Å². The van der Waals surface area contributed by atoms with Crippen LogP contribution in [0.15, 0.2) is 43.0 Å². The summed E-state index contributed by atoms with van der Waals surface area (Å²) >= 11 is 0. The quantitative estimate of drug-likeness (QED) is 0.698. The molecule has 0 radical (unpaired) electrons. The Balaban J connectivity index is 1.65. The Labute approximate surface area is 160 Å². The van der Waals surface area contributed by atoms with E-state index in [0.717, 1.165) is 41.8 Å². The molecule has 1 aliphatic heterocycles. The molecule has 2 aromatic heterocycles. The first-order chi connectivity index (χ1) is 13.1. The lowest BCUT2D eigenvalue weighted by Crippen LogP contribution is -2.44. The number of benzene rings is 1. The Morgan fingerprint density at radius 1 is 1.26 bits per heavy atom. The predicted octanol–water partition coefficient (Wildman–Crippen LogP) is 2.91. The van der Waals surface area contributed by atoms with Crippen molar-refractivity contribution in [3.63, 3.8) is 0 Å². The second kappa shape index (κ2) is 7.19. The van der Waals surface area contributed by atoms with E-state index >= 15 is 0 Å². The summed E-state index contributed by atoms with van der Waals surface area (Å²) in [5.74, 6) is 0.101. The average Bonchev–Trinajstić information content (AvgIpc) is 3.30. The van der Waals surface area contributed by atoms with E-state index in [0.29, 0.717) is 13.1 Å². The molecule has 0 aliphatic carbocycles. The van der Waals surface area contributed by atoms with Gasteiger partial charge in [0.2, 0.25) is 0 Å². The lowest BCUT2D eigenvalue weighted by Gasteiger charge is -2.36. The van der Waals surface area contributed by atoms with Gasteiger partial charge in [0.25, 0.3) is 5.91 Å². The fourth-order valence-electron chi connectivity index (χ4n) is 4.15. The predicted molar refractivity (Wildman–Crippen MR) is 107 cm³/mol. The van der Waals surface area contributed by atoms with Gasteiger partial charge in [-0.2, -0.15) is 0 Å². The summed E-state index contributed by atoms with van der Waals surface area (Å²) < 4.78 is 4.27. The van der Waals surface area contributed by atoms with Gasteiger partial charge in [-0.15, -0.1) is 0 Å². The maximum atomic E-state index is 13.4. The normalized spacial score (nSPS) is 16.9. The summed E-state index contributed by atoms with van der Waals surface area (Å²) in [5, 5.41) is 1.02. The number of para-hydroxylation sites is 1. The zero-order valence-electron chi connectivity index (χ0n) is 16.3. The van der Waals surface area contributed by atoms with Gasteiger partial charge in [0.15, 0.2) is 0 Å². The highest BCUT2D eigenvalue weighted by molar-refractivity contribution is 6.07. The van der Waals surface area contributed by atoms with Crippen LogP contribution in [-0.4, -0.2) is 56.0 Å². The largest absolute Gasteiger partial charge is 0.350 e. The number of nitrogens with zero attached hydrogens (tertiary/aromatic N) is 5. The molecule has 6 heteroatoms. The molecule has 6 nitrogen and oxygen atoms in total. The van der Waals surface area contributed by atoms with Crippen molar-refractivity contribution in [3.8, 4) is 0 Å². The maximum Gasteiger partial charge on any atom is 0.256 e. The van der Waals surface area contributed by atoms with Gasteiger partial charge in [0, 0.05) is 43.4 Å². The van der Waals surface area contributed by atoms with Crippen LogP contribution in [0.3, 0.4) is 0 Å². The van der Waals surface area contributed by atoms with E-state index in [2.05, 4.69) is 34.4 Å². The molecule has 1 amide bonds. The number of amides is 1. The van der Waals surface area contributed by atoms with Gasteiger partial charge in [-0.3, -0.25) is 4.79 Å². The van der Waals surface area contributed by atoms with Crippen LogP contribution in [0, 0.1) is 0 Å².